The number of amides is 1. The monoisotopic (exact) mass is 498 g/mol. The third-order valence-electron chi connectivity index (χ3n) is 7.85. The second-order valence-electron chi connectivity index (χ2n) is 10.5. The van der Waals surface area contributed by atoms with Gasteiger partial charge in [0.15, 0.2) is 0 Å². The maximum absolute atomic E-state index is 13.5. The highest BCUT2D eigenvalue weighted by Crippen LogP contribution is 2.65. The van der Waals surface area contributed by atoms with Gasteiger partial charge in [0.2, 0.25) is 0 Å². The molecule has 0 spiro atoms. The van der Waals surface area contributed by atoms with Crippen molar-refractivity contribution in [2.75, 3.05) is 13.1 Å². The molecule has 1 fully saturated rings. The highest BCUT2D eigenvalue weighted by Gasteiger charge is 2.67. The highest BCUT2D eigenvalue weighted by molar-refractivity contribution is 5.93. The number of benzene rings is 1. The average Bonchev–Trinajstić information content (AvgIpc) is 3.41. The summed E-state index contributed by atoms with van der Waals surface area (Å²) < 4.78 is 49.7. The fourth-order valence-electron chi connectivity index (χ4n) is 6.01. The van der Waals surface area contributed by atoms with Crippen molar-refractivity contribution in [3.8, 4) is 11.4 Å². The number of hydrogen-bond acceptors (Lipinski definition) is 4. The van der Waals surface area contributed by atoms with Gasteiger partial charge in [-0.1, -0.05) is 0 Å². The molecule has 0 bridgehead atoms. The zero-order chi connectivity index (χ0) is 25.6. The van der Waals surface area contributed by atoms with Gasteiger partial charge >= 0.3 is 6.18 Å². The lowest BCUT2D eigenvalue weighted by Gasteiger charge is -2.40. The Hall–Kier alpha value is -3.56. The Bertz CT molecular complexity index is 1470. The second-order valence-corrected chi connectivity index (χ2v) is 10.5. The smallest absolute Gasteiger partial charge is 0.416 e. The number of aromatic nitrogens is 3. The van der Waals surface area contributed by atoms with Crippen LogP contribution in [0.15, 0.2) is 47.7 Å². The standard InChI is InChI=1S/C26H25F3N4O3/c1-15-12-32(14-30-15)18-5-6-19-22(34)31(8-9-33(19)23(18)35)13-25-11-21(25)24(2,3)36-20-7-4-16(10-17(20)25)26(27,28)29/h4-7,10,12,14,21H,8-9,11,13H2,1-3H3. The van der Waals surface area contributed by atoms with Crippen LogP contribution in [0.25, 0.3) is 5.69 Å². The number of hydrogen-bond donors (Lipinski definition) is 0. The summed E-state index contributed by atoms with van der Waals surface area (Å²) in [4.78, 5) is 32.5. The second kappa shape index (κ2) is 7.24. The SMILES string of the molecule is Cc1cn(-c2ccc3n(c2=O)CCN(CC24CC2C(C)(C)Oc2ccc(C(F)(F)F)cc24)C3=O)cn1. The molecule has 1 saturated carbocycles. The summed E-state index contributed by atoms with van der Waals surface area (Å²) in [5, 5.41) is 0. The van der Waals surface area contributed by atoms with Gasteiger partial charge in [-0.25, -0.2) is 4.98 Å². The molecule has 1 aromatic carbocycles. The predicted octanol–water partition coefficient (Wildman–Crippen LogP) is 3.95. The fraction of sp³-hybridized carbons (Fsp3) is 0.423. The first-order valence-electron chi connectivity index (χ1n) is 11.9. The summed E-state index contributed by atoms with van der Waals surface area (Å²) in [7, 11) is 0. The Kier molecular flexibility index (Phi) is 4.60. The molecule has 2 unspecified atom stereocenters. The molecular formula is C26H25F3N4O3. The summed E-state index contributed by atoms with van der Waals surface area (Å²) in [5.41, 5.74) is -0.249. The van der Waals surface area contributed by atoms with E-state index in [-0.39, 0.29) is 29.6 Å². The van der Waals surface area contributed by atoms with E-state index in [0.717, 1.165) is 11.8 Å². The lowest BCUT2D eigenvalue weighted by atomic mass is 9.82. The lowest BCUT2D eigenvalue weighted by molar-refractivity contribution is -0.137. The van der Waals surface area contributed by atoms with Crippen LogP contribution in [0.4, 0.5) is 13.2 Å². The van der Waals surface area contributed by atoms with Crippen molar-refractivity contribution in [2.45, 2.75) is 50.9 Å². The van der Waals surface area contributed by atoms with E-state index in [9.17, 15) is 22.8 Å². The van der Waals surface area contributed by atoms with Crippen LogP contribution in [0.5, 0.6) is 5.75 Å². The number of halogens is 3. The third-order valence-corrected chi connectivity index (χ3v) is 7.85. The summed E-state index contributed by atoms with van der Waals surface area (Å²) in [6.07, 6.45) is -0.543. The first-order chi connectivity index (χ1) is 16.9. The summed E-state index contributed by atoms with van der Waals surface area (Å²) >= 11 is 0. The number of pyridine rings is 1. The molecule has 2 aliphatic heterocycles. The van der Waals surface area contributed by atoms with Gasteiger partial charge in [0.25, 0.3) is 11.5 Å². The van der Waals surface area contributed by atoms with Crippen molar-refractivity contribution in [3.05, 3.63) is 75.7 Å². The molecule has 6 rings (SSSR count). The maximum Gasteiger partial charge on any atom is 0.416 e. The minimum absolute atomic E-state index is 0.0234. The zero-order valence-electron chi connectivity index (χ0n) is 20.1. The van der Waals surface area contributed by atoms with Crippen molar-refractivity contribution in [1.82, 2.24) is 19.0 Å². The van der Waals surface area contributed by atoms with Crippen LogP contribution in [0.2, 0.25) is 0 Å². The number of aryl methyl sites for hydroxylation is 1. The molecule has 0 saturated heterocycles. The van der Waals surface area contributed by atoms with Gasteiger partial charge in [-0.05, 0) is 57.5 Å². The van der Waals surface area contributed by atoms with Gasteiger partial charge < -0.3 is 18.8 Å². The largest absolute Gasteiger partial charge is 0.487 e. The molecule has 36 heavy (non-hydrogen) atoms. The molecule has 4 heterocycles. The number of nitrogens with zero attached hydrogens (tertiary/aromatic N) is 4. The normalized spacial score (nSPS) is 24.0. The Morgan fingerprint density at radius 3 is 2.61 bits per heavy atom. The Morgan fingerprint density at radius 2 is 1.92 bits per heavy atom. The molecule has 10 heteroatoms. The molecule has 1 amide bonds. The van der Waals surface area contributed by atoms with Crippen molar-refractivity contribution < 1.29 is 22.7 Å². The van der Waals surface area contributed by atoms with Crippen LogP contribution in [0.3, 0.4) is 0 Å². The number of fused-ring (bicyclic) bond motifs is 4. The third kappa shape index (κ3) is 3.30. The van der Waals surface area contributed by atoms with Crippen LogP contribution in [-0.4, -0.2) is 43.6 Å². The fourth-order valence-corrected chi connectivity index (χ4v) is 6.01. The summed E-state index contributed by atoms with van der Waals surface area (Å²) in [5.74, 6) is 0.109. The van der Waals surface area contributed by atoms with Crippen LogP contribution in [-0.2, 0) is 18.1 Å². The minimum atomic E-state index is -4.47. The average molecular weight is 499 g/mol. The number of imidazole rings is 1. The van der Waals surface area contributed by atoms with Crippen LogP contribution in [0.1, 0.15) is 47.6 Å². The number of carbonyl (C=O) groups excluding carboxylic acids is 1. The molecule has 3 aromatic rings. The van der Waals surface area contributed by atoms with E-state index in [2.05, 4.69) is 4.98 Å². The topological polar surface area (TPSA) is 69.4 Å². The summed E-state index contributed by atoms with van der Waals surface area (Å²) in [6, 6.07) is 6.85. The van der Waals surface area contributed by atoms with E-state index in [1.54, 1.807) is 34.1 Å². The molecule has 1 aliphatic carbocycles. The number of alkyl halides is 3. The minimum Gasteiger partial charge on any atom is -0.487 e. The predicted molar refractivity (Wildman–Crippen MR) is 124 cm³/mol. The van der Waals surface area contributed by atoms with Crippen molar-refractivity contribution in [2.24, 2.45) is 5.92 Å². The lowest BCUT2D eigenvalue weighted by Crippen LogP contribution is -2.50. The molecular weight excluding hydrogens is 473 g/mol. The van der Waals surface area contributed by atoms with Gasteiger partial charge in [0, 0.05) is 42.7 Å². The number of ether oxygens (including phenoxy) is 1. The Morgan fingerprint density at radius 1 is 1.14 bits per heavy atom. The van der Waals surface area contributed by atoms with Crippen molar-refractivity contribution >= 4 is 5.91 Å². The maximum atomic E-state index is 13.5. The molecule has 2 atom stereocenters. The van der Waals surface area contributed by atoms with E-state index < -0.39 is 22.8 Å². The highest BCUT2D eigenvalue weighted by atomic mass is 19.4. The number of rotatable bonds is 3. The van der Waals surface area contributed by atoms with Crippen LogP contribution < -0.4 is 10.3 Å². The first kappa shape index (κ1) is 22.9. The van der Waals surface area contributed by atoms with Gasteiger partial charge in [0.1, 0.15) is 22.7 Å². The summed E-state index contributed by atoms with van der Waals surface area (Å²) in [6.45, 7) is 6.57. The van der Waals surface area contributed by atoms with E-state index >= 15 is 0 Å². The zero-order valence-corrected chi connectivity index (χ0v) is 20.1. The molecule has 7 nitrogen and oxygen atoms in total. The molecule has 188 valence electrons. The molecule has 3 aliphatic rings. The Labute approximate surface area is 205 Å². The van der Waals surface area contributed by atoms with Crippen molar-refractivity contribution in [1.29, 1.82) is 0 Å². The van der Waals surface area contributed by atoms with Gasteiger partial charge in [-0.15, -0.1) is 0 Å². The van der Waals surface area contributed by atoms with E-state index in [0.29, 0.717) is 36.5 Å². The van der Waals surface area contributed by atoms with Gasteiger partial charge in [-0.2, -0.15) is 13.2 Å². The quantitative estimate of drug-likeness (QED) is 0.549. The van der Waals surface area contributed by atoms with E-state index in [1.807, 2.05) is 20.8 Å². The van der Waals surface area contributed by atoms with Gasteiger partial charge in [0.05, 0.1) is 17.6 Å². The molecule has 0 radical (unpaired) electrons. The number of carbonyl (C=O) groups is 1. The van der Waals surface area contributed by atoms with Crippen LogP contribution >= 0.6 is 0 Å². The Balaban J connectivity index is 1.35. The first-order valence-corrected chi connectivity index (χ1v) is 11.9. The molecule has 2 aromatic heterocycles. The van der Waals surface area contributed by atoms with E-state index in [4.69, 9.17) is 4.74 Å². The molecule has 0 N–H and O–H groups in total. The van der Waals surface area contributed by atoms with Crippen LogP contribution in [0, 0.1) is 12.8 Å². The van der Waals surface area contributed by atoms with E-state index in [1.165, 1.54) is 16.7 Å². The van der Waals surface area contributed by atoms with Gasteiger partial charge in [-0.3, -0.25) is 9.59 Å². The van der Waals surface area contributed by atoms with Crippen molar-refractivity contribution in [3.63, 3.8) is 0 Å².